The van der Waals surface area contributed by atoms with E-state index in [1.807, 2.05) is 36.4 Å². The van der Waals surface area contributed by atoms with E-state index >= 15 is 0 Å². The molecule has 1 N–H and O–H groups in total. The molecular formula is C18H26N2O. The summed E-state index contributed by atoms with van der Waals surface area (Å²) in [5, 5.41) is 3.98. The minimum atomic E-state index is -0.0677. The maximum atomic E-state index is 11.6. The number of hydrogen-bond donors (Lipinski definition) is 1. The molecule has 3 nitrogen and oxygen atoms in total. The van der Waals surface area contributed by atoms with Crippen LogP contribution in [0.3, 0.4) is 0 Å². The van der Waals surface area contributed by atoms with E-state index in [4.69, 9.17) is 0 Å². The van der Waals surface area contributed by atoms with Gasteiger partial charge in [0.15, 0.2) is 0 Å². The Labute approximate surface area is 128 Å². The highest BCUT2D eigenvalue weighted by Crippen LogP contribution is 2.06. The van der Waals surface area contributed by atoms with Crippen molar-refractivity contribution in [1.82, 2.24) is 5.43 Å². The fourth-order valence-electron chi connectivity index (χ4n) is 2.06. The summed E-state index contributed by atoms with van der Waals surface area (Å²) in [7, 11) is 0. The average molecular weight is 286 g/mol. The van der Waals surface area contributed by atoms with Gasteiger partial charge >= 0.3 is 0 Å². The molecule has 0 unspecified atom stereocenters. The molecule has 0 saturated heterocycles. The van der Waals surface area contributed by atoms with Crippen molar-refractivity contribution < 1.29 is 4.79 Å². The number of unbranched alkanes of at least 4 members (excludes halogenated alkanes) is 6. The summed E-state index contributed by atoms with van der Waals surface area (Å²) in [5.74, 6) is -0.0677. The lowest BCUT2D eigenvalue weighted by Gasteiger charge is -2.00. The van der Waals surface area contributed by atoms with E-state index < -0.39 is 0 Å². The van der Waals surface area contributed by atoms with Crippen LogP contribution in [0.4, 0.5) is 0 Å². The zero-order valence-corrected chi connectivity index (χ0v) is 12.8. The molecule has 0 spiro atoms. The van der Waals surface area contributed by atoms with Gasteiger partial charge in [0.05, 0.1) is 6.42 Å². The Kier molecular flexibility index (Phi) is 9.71. The molecule has 1 rings (SSSR count). The summed E-state index contributed by atoms with van der Waals surface area (Å²) in [4.78, 5) is 11.6. The van der Waals surface area contributed by atoms with Crippen LogP contribution in [0, 0.1) is 0 Å². The fourth-order valence-corrected chi connectivity index (χ4v) is 2.06. The molecule has 1 aromatic rings. The number of amides is 1. The van der Waals surface area contributed by atoms with Crippen LogP contribution in [0.1, 0.15) is 50.5 Å². The molecule has 0 aliphatic rings. The van der Waals surface area contributed by atoms with Gasteiger partial charge in [0.2, 0.25) is 5.91 Å². The van der Waals surface area contributed by atoms with Gasteiger partial charge in [0.25, 0.3) is 0 Å². The lowest BCUT2D eigenvalue weighted by atomic mass is 10.1. The number of hydrazone groups is 1. The van der Waals surface area contributed by atoms with Crippen molar-refractivity contribution >= 4 is 12.1 Å². The second-order valence-corrected chi connectivity index (χ2v) is 5.14. The van der Waals surface area contributed by atoms with E-state index in [0.29, 0.717) is 6.42 Å². The smallest absolute Gasteiger partial charge is 0.244 e. The monoisotopic (exact) mass is 286 g/mol. The molecule has 1 amide bonds. The predicted octanol–water partition coefficient (Wildman–Crippen LogP) is 4.25. The van der Waals surface area contributed by atoms with Crippen molar-refractivity contribution in [3.05, 3.63) is 48.6 Å². The summed E-state index contributed by atoms with van der Waals surface area (Å²) in [6.07, 6.45) is 12.3. The SMILES string of the molecule is C=CCCCCCCC/C=N/NC(=O)Cc1ccccc1. The Morgan fingerprint density at radius 3 is 2.43 bits per heavy atom. The Bertz CT molecular complexity index is 426. The van der Waals surface area contributed by atoms with E-state index in [-0.39, 0.29) is 5.91 Å². The van der Waals surface area contributed by atoms with E-state index in [0.717, 1.165) is 24.8 Å². The van der Waals surface area contributed by atoms with E-state index in [9.17, 15) is 4.79 Å². The van der Waals surface area contributed by atoms with Gasteiger partial charge in [-0.15, -0.1) is 6.58 Å². The second kappa shape index (κ2) is 11.9. The molecule has 114 valence electrons. The van der Waals surface area contributed by atoms with Crippen molar-refractivity contribution in [1.29, 1.82) is 0 Å². The van der Waals surface area contributed by atoms with Gasteiger partial charge in [-0.05, 0) is 31.2 Å². The molecule has 0 heterocycles. The molecule has 0 radical (unpaired) electrons. The highest BCUT2D eigenvalue weighted by Gasteiger charge is 2.00. The summed E-state index contributed by atoms with van der Waals surface area (Å²) in [6, 6.07) is 9.68. The third-order valence-corrected chi connectivity index (χ3v) is 3.23. The Balaban J connectivity index is 1.99. The summed E-state index contributed by atoms with van der Waals surface area (Å²) in [6.45, 7) is 3.72. The van der Waals surface area contributed by atoms with Gasteiger partial charge in [0.1, 0.15) is 0 Å². The maximum Gasteiger partial charge on any atom is 0.244 e. The first kappa shape index (κ1) is 17.2. The van der Waals surface area contributed by atoms with Crippen LogP contribution >= 0.6 is 0 Å². The third kappa shape index (κ3) is 9.61. The highest BCUT2D eigenvalue weighted by molar-refractivity contribution is 5.79. The number of nitrogens with one attached hydrogen (secondary N) is 1. The standard InChI is InChI=1S/C18H26N2O/c1-2-3-4-5-6-7-8-12-15-19-20-18(21)16-17-13-10-9-11-14-17/h2,9-11,13-15H,1,3-8,12,16H2,(H,20,21)/b19-15+. The first-order chi connectivity index (χ1) is 10.3. The molecule has 0 aromatic heterocycles. The number of carbonyl (C=O) groups excluding carboxylic acids is 1. The molecule has 0 bridgehead atoms. The number of allylic oxidation sites excluding steroid dienone is 1. The summed E-state index contributed by atoms with van der Waals surface area (Å²) in [5.41, 5.74) is 3.57. The lowest BCUT2D eigenvalue weighted by molar-refractivity contribution is -0.120. The van der Waals surface area contributed by atoms with Crippen molar-refractivity contribution in [3.8, 4) is 0 Å². The van der Waals surface area contributed by atoms with E-state index in [2.05, 4.69) is 17.1 Å². The van der Waals surface area contributed by atoms with E-state index in [1.54, 1.807) is 6.21 Å². The van der Waals surface area contributed by atoms with Gasteiger partial charge in [-0.1, -0.05) is 55.7 Å². The van der Waals surface area contributed by atoms with Crippen LogP contribution in [0.2, 0.25) is 0 Å². The van der Waals surface area contributed by atoms with Gasteiger partial charge < -0.3 is 0 Å². The van der Waals surface area contributed by atoms with Crippen molar-refractivity contribution in [2.24, 2.45) is 5.10 Å². The topological polar surface area (TPSA) is 41.5 Å². The average Bonchev–Trinajstić information content (AvgIpc) is 2.50. The first-order valence-corrected chi connectivity index (χ1v) is 7.78. The highest BCUT2D eigenvalue weighted by atomic mass is 16.2. The fraction of sp³-hybridized carbons (Fsp3) is 0.444. The van der Waals surface area contributed by atoms with Crippen LogP contribution in [-0.2, 0) is 11.2 Å². The molecule has 0 atom stereocenters. The summed E-state index contributed by atoms with van der Waals surface area (Å²) < 4.78 is 0. The largest absolute Gasteiger partial charge is 0.273 e. The zero-order valence-electron chi connectivity index (χ0n) is 12.8. The van der Waals surface area contributed by atoms with Gasteiger partial charge in [0, 0.05) is 6.21 Å². The van der Waals surface area contributed by atoms with Crippen LogP contribution in [0.5, 0.6) is 0 Å². The quantitative estimate of drug-likeness (QED) is 0.281. The first-order valence-electron chi connectivity index (χ1n) is 7.78. The van der Waals surface area contributed by atoms with Crippen molar-refractivity contribution in [2.75, 3.05) is 0 Å². The number of carbonyl (C=O) groups is 1. The Hall–Kier alpha value is -1.90. The second-order valence-electron chi connectivity index (χ2n) is 5.14. The van der Waals surface area contributed by atoms with Gasteiger partial charge in [-0.25, -0.2) is 5.43 Å². The molecule has 21 heavy (non-hydrogen) atoms. The molecular weight excluding hydrogens is 260 g/mol. The Morgan fingerprint density at radius 2 is 1.71 bits per heavy atom. The normalized spacial score (nSPS) is 10.7. The molecule has 1 aromatic carbocycles. The van der Waals surface area contributed by atoms with Crippen LogP contribution in [0.25, 0.3) is 0 Å². The zero-order chi connectivity index (χ0) is 15.2. The number of hydrogen-bond acceptors (Lipinski definition) is 2. The Morgan fingerprint density at radius 1 is 1.05 bits per heavy atom. The van der Waals surface area contributed by atoms with Crippen molar-refractivity contribution in [2.45, 2.75) is 51.4 Å². The number of nitrogens with zero attached hydrogens (tertiary/aromatic N) is 1. The number of rotatable bonds is 11. The molecule has 0 saturated carbocycles. The van der Waals surface area contributed by atoms with E-state index in [1.165, 1.54) is 25.7 Å². The van der Waals surface area contributed by atoms with Crippen LogP contribution in [0.15, 0.2) is 48.1 Å². The third-order valence-electron chi connectivity index (χ3n) is 3.23. The minimum absolute atomic E-state index is 0.0677. The molecule has 0 aliphatic carbocycles. The molecule has 0 fully saturated rings. The molecule has 3 heteroatoms. The van der Waals surface area contributed by atoms with Crippen LogP contribution < -0.4 is 5.43 Å². The van der Waals surface area contributed by atoms with Crippen LogP contribution in [-0.4, -0.2) is 12.1 Å². The number of benzene rings is 1. The minimum Gasteiger partial charge on any atom is -0.273 e. The lowest BCUT2D eigenvalue weighted by Crippen LogP contribution is -2.19. The van der Waals surface area contributed by atoms with Gasteiger partial charge in [-0.3, -0.25) is 4.79 Å². The predicted molar refractivity (Wildman–Crippen MR) is 89.3 cm³/mol. The van der Waals surface area contributed by atoms with Gasteiger partial charge in [-0.2, -0.15) is 5.10 Å². The maximum absolute atomic E-state index is 11.6. The molecule has 0 aliphatic heterocycles. The van der Waals surface area contributed by atoms with Crippen molar-refractivity contribution in [3.63, 3.8) is 0 Å². The summed E-state index contributed by atoms with van der Waals surface area (Å²) >= 11 is 0.